The number of aromatic nitrogens is 3. The Morgan fingerprint density at radius 3 is 2.36 bits per heavy atom. The van der Waals surface area contributed by atoms with E-state index in [4.69, 9.17) is 5.73 Å². The van der Waals surface area contributed by atoms with Crippen LogP contribution in [0.2, 0.25) is 0 Å². The molecule has 0 radical (unpaired) electrons. The molecule has 3 heterocycles. The highest BCUT2D eigenvalue weighted by Crippen LogP contribution is 2.40. The molecule has 0 aliphatic rings. The van der Waals surface area contributed by atoms with E-state index in [1.54, 1.807) is 12.4 Å². The van der Waals surface area contributed by atoms with Gasteiger partial charge in [0.2, 0.25) is 0 Å². The van der Waals surface area contributed by atoms with Gasteiger partial charge in [0.1, 0.15) is 5.82 Å². The van der Waals surface area contributed by atoms with E-state index in [9.17, 15) is 4.79 Å². The first-order valence-electron chi connectivity index (χ1n) is 7.84. The molecule has 6 heteroatoms. The number of nitrogens with zero attached hydrogens (tertiary/aromatic N) is 3. The van der Waals surface area contributed by atoms with E-state index in [1.807, 2.05) is 16.5 Å². The third-order valence-electron chi connectivity index (χ3n) is 4.00. The van der Waals surface area contributed by atoms with Gasteiger partial charge in [-0.1, -0.05) is 28.5 Å². The Morgan fingerprint density at radius 1 is 1.00 bits per heavy atom. The molecule has 0 spiro atoms. The van der Waals surface area contributed by atoms with Gasteiger partial charge in [0.15, 0.2) is 4.96 Å². The molecule has 0 aliphatic carbocycles. The van der Waals surface area contributed by atoms with Gasteiger partial charge in [-0.3, -0.25) is 14.2 Å². The Kier molecular flexibility index (Phi) is 3.62. The molecule has 4 aromatic rings. The van der Waals surface area contributed by atoms with Crippen molar-refractivity contribution in [2.45, 2.75) is 13.8 Å². The zero-order valence-corrected chi connectivity index (χ0v) is 14.7. The SMILES string of the molecule is Cc1cc(C)cc(-c2c(-c3ccncc3)sc3nc(=O)cc(N)n23)c1. The van der Waals surface area contributed by atoms with Crippen molar-refractivity contribution in [3.8, 4) is 21.7 Å². The van der Waals surface area contributed by atoms with Crippen LogP contribution in [0.15, 0.2) is 53.6 Å². The second-order valence-corrected chi connectivity index (χ2v) is 7.01. The van der Waals surface area contributed by atoms with E-state index in [0.717, 1.165) is 21.7 Å². The van der Waals surface area contributed by atoms with Crippen molar-refractivity contribution in [3.63, 3.8) is 0 Å². The van der Waals surface area contributed by atoms with Crippen LogP contribution in [-0.2, 0) is 0 Å². The number of nitrogen functional groups attached to an aromatic ring is 1. The number of nitrogens with two attached hydrogens (primary N) is 1. The highest BCUT2D eigenvalue weighted by Gasteiger charge is 2.18. The van der Waals surface area contributed by atoms with E-state index in [0.29, 0.717) is 10.8 Å². The number of hydrogen-bond donors (Lipinski definition) is 1. The summed E-state index contributed by atoms with van der Waals surface area (Å²) in [6, 6.07) is 11.6. The summed E-state index contributed by atoms with van der Waals surface area (Å²) in [6.07, 6.45) is 3.51. The second kappa shape index (κ2) is 5.82. The third kappa shape index (κ3) is 2.70. The smallest absolute Gasteiger partial charge is 0.276 e. The van der Waals surface area contributed by atoms with Crippen LogP contribution in [0.3, 0.4) is 0 Å². The van der Waals surface area contributed by atoms with Gasteiger partial charge in [-0.2, -0.15) is 4.98 Å². The van der Waals surface area contributed by atoms with Crippen LogP contribution in [0.1, 0.15) is 11.1 Å². The monoisotopic (exact) mass is 348 g/mol. The van der Waals surface area contributed by atoms with Crippen molar-refractivity contribution in [3.05, 3.63) is 70.3 Å². The number of thiazole rings is 1. The molecule has 25 heavy (non-hydrogen) atoms. The summed E-state index contributed by atoms with van der Waals surface area (Å²) in [7, 11) is 0. The standard InChI is InChI=1S/C19H16N4OS/c1-11-7-12(2)9-14(8-11)17-18(13-3-5-21-6-4-13)25-19-22-16(24)10-15(20)23(17)19/h3-10H,20H2,1-2H3. The molecule has 0 saturated carbocycles. The maximum Gasteiger partial charge on any atom is 0.276 e. The Balaban J connectivity index is 2.15. The fourth-order valence-corrected chi connectivity index (χ4v) is 4.25. The molecule has 0 bridgehead atoms. The van der Waals surface area contributed by atoms with Crippen LogP contribution < -0.4 is 11.3 Å². The lowest BCUT2D eigenvalue weighted by atomic mass is 10.0. The second-order valence-electron chi connectivity index (χ2n) is 6.03. The minimum atomic E-state index is -0.327. The fourth-order valence-electron chi connectivity index (χ4n) is 3.08. The number of aryl methyl sites for hydroxylation is 2. The first-order chi connectivity index (χ1) is 12.0. The molecule has 0 fully saturated rings. The lowest BCUT2D eigenvalue weighted by Gasteiger charge is -2.10. The van der Waals surface area contributed by atoms with E-state index in [-0.39, 0.29) is 5.56 Å². The average molecular weight is 348 g/mol. The van der Waals surface area contributed by atoms with Gasteiger partial charge < -0.3 is 5.73 Å². The number of benzene rings is 1. The molecule has 0 amide bonds. The topological polar surface area (TPSA) is 73.3 Å². The van der Waals surface area contributed by atoms with E-state index < -0.39 is 0 Å². The van der Waals surface area contributed by atoms with Gasteiger partial charge in [0.05, 0.1) is 10.6 Å². The van der Waals surface area contributed by atoms with Gasteiger partial charge in [-0.05, 0) is 43.7 Å². The summed E-state index contributed by atoms with van der Waals surface area (Å²) in [5, 5.41) is 0. The van der Waals surface area contributed by atoms with Crippen molar-refractivity contribution in [2.24, 2.45) is 0 Å². The number of fused-ring (bicyclic) bond motifs is 1. The molecule has 2 N–H and O–H groups in total. The predicted molar refractivity (Wildman–Crippen MR) is 102 cm³/mol. The Bertz CT molecular complexity index is 1130. The van der Waals surface area contributed by atoms with Crippen LogP contribution in [-0.4, -0.2) is 14.4 Å². The molecule has 0 atom stereocenters. The minimum absolute atomic E-state index is 0.327. The third-order valence-corrected chi connectivity index (χ3v) is 5.09. The summed E-state index contributed by atoms with van der Waals surface area (Å²) in [6.45, 7) is 4.14. The Hall–Kier alpha value is -2.99. The lowest BCUT2D eigenvalue weighted by Crippen LogP contribution is -2.10. The highest BCUT2D eigenvalue weighted by atomic mass is 32.1. The zero-order chi connectivity index (χ0) is 17.6. The van der Waals surface area contributed by atoms with Gasteiger partial charge in [0.25, 0.3) is 5.56 Å². The van der Waals surface area contributed by atoms with Crippen molar-refractivity contribution >= 4 is 22.1 Å². The fraction of sp³-hybridized carbons (Fsp3) is 0.105. The maximum absolute atomic E-state index is 11.8. The first-order valence-corrected chi connectivity index (χ1v) is 8.66. The summed E-state index contributed by atoms with van der Waals surface area (Å²) in [5.41, 5.74) is 11.2. The molecular weight excluding hydrogens is 332 g/mol. The molecule has 5 nitrogen and oxygen atoms in total. The quantitative estimate of drug-likeness (QED) is 0.600. The minimum Gasteiger partial charge on any atom is -0.385 e. The van der Waals surface area contributed by atoms with Crippen molar-refractivity contribution in [1.82, 2.24) is 14.4 Å². The van der Waals surface area contributed by atoms with E-state index in [2.05, 4.69) is 42.0 Å². The molecule has 3 aromatic heterocycles. The molecular formula is C19H16N4OS. The van der Waals surface area contributed by atoms with Gasteiger partial charge in [0, 0.05) is 24.0 Å². The molecule has 1 aromatic carbocycles. The van der Waals surface area contributed by atoms with Crippen LogP contribution >= 0.6 is 11.3 Å². The molecule has 0 unspecified atom stereocenters. The van der Waals surface area contributed by atoms with Crippen molar-refractivity contribution in [2.75, 3.05) is 5.73 Å². The van der Waals surface area contributed by atoms with Crippen molar-refractivity contribution < 1.29 is 0 Å². The summed E-state index contributed by atoms with van der Waals surface area (Å²) in [4.78, 5) is 21.6. The summed E-state index contributed by atoms with van der Waals surface area (Å²) >= 11 is 1.46. The molecule has 124 valence electrons. The van der Waals surface area contributed by atoms with E-state index in [1.165, 1.54) is 28.5 Å². The summed E-state index contributed by atoms with van der Waals surface area (Å²) in [5.74, 6) is 0.390. The van der Waals surface area contributed by atoms with Crippen LogP contribution in [0.25, 0.3) is 26.7 Å². The Morgan fingerprint density at radius 2 is 1.68 bits per heavy atom. The number of hydrogen-bond acceptors (Lipinski definition) is 5. The molecule has 0 aliphatic heterocycles. The maximum atomic E-state index is 11.8. The number of pyridine rings is 1. The largest absolute Gasteiger partial charge is 0.385 e. The predicted octanol–water partition coefficient (Wildman–Crippen LogP) is 3.68. The van der Waals surface area contributed by atoms with Crippen LogP contribution in [0, 0.1) is 13.8 Å². The number of rotatable bonds is 2. The average Bonchev–Trinajstić information content (AvgIpc) is 2.94. The first kappa shape index (κ1) is 15.5. The van der Waals surface area contributed by atoms with Crippen LogP contribution in [0.5, 0.6) is 0 Å². The molecule has 4 rings (SSSR count). The van der Waals surface area contributed by atoms with Gasteiger partial charge in [-0.25, -0.2) is 0 Å². The number of anilines is 1. The normalized spacial score (nSPS) is 11.1. The van der Waals surface area contributed by atoms with Gasteiger partial charge in [-0.15, -0.1) is 0 Å². The van der Waals surface area contributed by atoms with Crippen molar-refractivity contribution in [1.29, 1.82) is 0 Å². The lowest BCUT2D eigenvalue weighted by molar-refractivity contribution is 1.12. The Labute approximate surface area is 148 Å². The van der Waals surface area contributed by atoms with Gasteiger partial charge >= 0.3 is 0 Å². The summed E-state index contributed by atoms with van der Waals surface area (Å²) < 4.78 is 1.86. The van der Waals surface area contributed by atoms with E-state index >= 15 is 0 Å². The zero-order valence-electron chi connectivity index (χ0n) is 13.9. The highest BCUT2D eigenvalue weighted by molar-refractivity contribution is 7.20. The van der Waals surface area contributed by atoms with Crippen LogP contribution in [0.4, 0.5) is 5.82 Å². The molecule has 0 saturated heterocycles.